The van der Waals surface area contributed by atoms with E-state index < -0.39 is 23.6 Å². The number of rotatable bonds is 6. The first kappa shape index (κ1) is 15.8. The van der Waals surface area contributed by atoms with E-state index in [0.29, 0.717) is 5.69 Å². The van der Waals surface area contributed by atoms with Gasteiger partial charge in [0, 0.05) is 5.38 Å². The Balaban J connectivity index is 2.65. The fourth-order valence-electron chi connectivity index (χ4n) is 1.32. The van der Waals surface area contributed by atoms with E-state index in [1.807, 2.05) is 0 Å². The highest BCUT2D eigenvalue weighted by Crippen LogP contribution is 2.17. The summed E-state index contributed by atoms with van der Waals surface area (Å²) in [4.78, 5) is 38.0. The van der Waals surface area contributed by atoms with Crippen LogP contribution < -0.4 is 5.32 Å². The van der Waals surface area contributed by atoms with Gasteiger partial charge in [-0.2, -0.15) is 5.26 Å². The molecule has 7 nitrogen and oxygen atoms in total. The van der Waals surface area contributed by atoms with Gasteiger partial charge in [-0.25, -0.2) is 4.98 Å². The molecule has 106 valence electrons. The quantitative estimate of drug-likeness (QED) is 0.617. The zero-order chi connectivity index (χ0) is 15.1. The summed E-state index contributed by atoms with van der Waals surface area (Å²) in [5.41, 5.74) is 0.458. The minimum absolute atomic E-state index is 0.00853. The van der Waals surface area contributed by atoms with Crippen LogP contribution in [0.25, 0.3) is 0 Å². The van der Waals surface area contributed by atoms with Crippen molar-refractivity contribution in [2.24, 2.45) is 5.92 Å². The van der Waals surface area contributed by atoms with E-state index in [0.717, 1.165) is 11.3 Å². The third kappa shape index (κ3) is 4.44. The minimum Gasteiger partial charge on any atom is -0.466 e. The van der Waals surface area contributed by atoms with Crippen LogP contribution in [0.5, 0.6) is 0 Å². The van der Waals surface area contributed by atoms with Crippen LogP contribution in [0.2, 0.25) is 0 Å². The molecule has 1 rings (SSSR count). The number of ketones is 1. The highest BCUT2D eigenvalue weighted by molar-refractivity contribution is 7.13. The van der Waals surface area contributed by atoms with Crippen LogP contribution >= 0.6 is 11.3 Å². The topological polar surface area (TPSA) is 109 Å². The molecular weight excluding hydrogens is 282 g/mol. The zero-order valence-electron chi connectivity index (χ0n) is 11.0. The van der Waals surface area contributed by atoms with Gasteiger partial charge in [0.15, 0.2) is 16.8 Å². The molecule has 1 aromatic rings. The Kier molecular flexibility index (Phi) is 5.80. The Labute approximate surface area is 119 Å². The molecule has 0 aliphatic carbocycles. The van der Waals surface area contributed by atoms with E-state index in [1.165, 1.54) is 6.92 Å². The van der Waals surface area contributed by atoms with Gasteiger partial charge < -0.3 is 10.1 Å². The summed E-state index contributed by atoms with van der Waals surface area (Å²) in [7, 11) is 0. The zero-order valence-corrected chi connectivity index (χ0v) is 11.8. The maximum Gasteiger partial charge on any atom is 0.311 e. The number of thiazole rings is 1. The standard InChI is InChI=1S/C12H13N3O4S/c1-3-19-10(17)4-8-6-20-12(14-8)15-11(18)9(5-13)7(2)16/h6,9H,3-4H2,1-2H3,(H,14,15,18). The Morgan fingerprint density at radius 2 is 2.25 bits per heavy atom. The van der Waals surface area contributed by atoms with Gasteiger partial charge in [-0.3, -0.25) is 14.4 Å². The molecule has 8 heteroatoms. The van der Waals surface area contributed by atoms with E-state index in [1.54, 1.807) is 18.4 Å². The van der Waals surface area contributed by atoms with Crippen LogP contribution in [0, 0.1) is 17.2 Å². The number of nitrogens with one attached hydrogen (secondary N) is 1. The van der Waals surface area contributed by atoms with Gasteiger partial charge in [-0.15, -0.1) is 11.3 Å². The lowest BCUT2D eigenvalue weighted by Gasteiger charge is -2.04. The van der Waals surface area contributed by atoms with Gasteiger partial charge in [0.1, 0.15) is 0 Å². The third-order valence-corrected chi connectivity index (χ3v) is 3.02. The number of carbonyl (C=O) groups excluding carboxylic acids is 3. The number of ether oxygens (including phenoxy) is 1. The molecule has 1 N–H and O–H groups in total. The average molecular weight is 295 g/mol. The molecule has 1 atom stereocenters. The Morgan fingerprint density at radius 1 is 1.55 bits per heavy atom. The van der Waals surface area contributed by atoms with Crippen molar-refractivity contribution in [1.29, 1.82) is 5.26 Å². The van der Waals surface area contributed by atoms with Crippen molar-refractivity contribution in [3.05, 3.63) is 11.1 Å². The summed E-state index contributed by atoms with van der Waals surface area (Å²) < 4.78 is 4.77. The number of aromatic nitrogens is 1. The van der Waals surface area contributed by atoms with Gasteiger partial charge in [0.2, 0.25) is 0 Å². The number of esters is 1. The summed E-state index contributed by atoms with van der Waals surface area (Å²) in [5.74, 6) is -3.02. The molecule has 0 saturated heterocycles. The number of Topliss-reactive ketones (excluding diaryl/α,β-unsaturated/α-hetero) is 1. The second-order valence-electron chi connectivity index (χ2n) is 3.79. The lowest BCUT2D eigenvalue weighted by Crippen LogP contribution is -2.26. The van der Waals surface area contributed by atoms with Gasteiger partial charge in [-0.1, -0.05) is 0 Å². The smallest absolute Gasteiger partial charge is 0.311 e. The molecule has 0 radical (unpaired) electrons. The molecule has 0 saturated carbocycles. The Morgan fingerprint density at radius 3 is 2.80 bits per heavy atom. The summed E-state index contributed by atoms with van der Waals surface area (Å²) in [6.07, 6.45) is 0.00853. The second-order valence-corrected chi connectivity index (χ2v) is 4.65. The first-order chi connectivity index (χ1) is 9.47. The van der Waals surface area contributed by atoms with Gasteiger partial charge in [0.05, 0.1) is 24.8 Å². The van der Waals surface area contributed by atoms with E-state index in [-0.39, 0.29) is 18.2 Å². The van der Waals surface area contributed by atoms with Crippen LogP contribution in [0.15, 0.2) is 5.38 Å². The third-order valence-electron chi connectivity index (χ3n) is 2.21. The van der Waals surface area contributed by atoms with Crippen LogP contribution in [0.3, 0.4) is 0 Å². The number of nitriles is 1. The molecule has 0 bridgehead atoms. The van der Waals surface area contributed by atoms with E-state index in [2.05, 4.69) is 10.3 Å². The predicted octanol–water partition coefficient (Wildman–Crippen LogP) is 0.916. The number of amides is 1. The molecule has 0 fully saturated rings. The van der Waals surface area contributed by atoms with Crippen LogP contribution in [0.4, 0.5) is 5.13 Å². The van der Waals surface area contributed by atoms with Crippen molar-refractivity contribution >= 4 is 34.1 Å². The molecule has 20 heavy (non-hydrogen) atoms. The lowest BCUT2D eigenvalue weighted by molar-refractivity contribution is -0.142. The molecule has 0 aliphatic heterocycles. The van der Waals surface area contributed by atoms with Crippen molar-refractivity contribution in [3.8, 4) is 6.07 Å². The molecule has 1 aromatic heterocycles. The average Bonchev–Trinajstić information content (AvgIpc) is 2.76. The molecule has 1 unspecified atom stereocenters. The van der Waals surface area contributed by atoms with Crippen molar-refractivity contribution in [2.45, 2.75) is 20.3 Å². The number of anilines is 1. The highest BCUT2D eigenvalue weighted by Gasteiger charge is 2.23. The minimum atomic E-state index is -1.35. The molecule has 1 heterocycles. The van der Waals surface area contributed by atoms with Gasteiger partial charge in [-0.05, 0) is 13.8 Å². The molecule has 0 aromatic carbocycles. The second kappa shape index (κ2) is 7.35. The van der Waals surface area contributed by atoms with Crippen molar-refractivity contribution in [2.75, 3.05) is 11.9 Å². The molecular formula is C12H13N3O4S. The molecule has 0 aliphatic rings. The van der Waals surface area contributed by atoms with E-state index >= 15 is 0 Å². The molecule has 0 spiro atoms. The first-order valence-corrected chi connectivity index (χ1v) is 6.66. The van der Waals surface area contributed by atoms with Crippen LogP contribution in [-0.2, 0) is 25.5 Å². The fraction of sp³-hybridized carbons (Fsp3) is 0.417. The lowest BCUT2D eigenvalue weighted by atomic mass is 10.1. The van der Waals surface area contributed by atoms with E-state index in [4.69, 9.17) is 10.00 Å². The first-order valence-electron chi connectivity index (χ1n) is 5.78. The van der Waals surface area contributed by atoms with Gasteiger partial charge in [0.25, 0.3) is 5.91 Å². The van der Waals surface area contributed by atoms with Crippen molar-refractivity contribution in [1.82, 2.24) is 4.98 Å². The van der Waals surface area contributed by atoms with Crippen molar-refractivity contribution in [3.63, 3.8) is 0 Å². The maximum atomic E-state index is 11.6. The normalized spacial score (nSPS) is 11.2. The SMILES string of the molecule is CCOC(=O)Cc1csc(NC(=O)C(C#N)C(C)=O)n1. The van der Waals surface area contributed by atoms with Crippen LogP contribution in [0.1, 0.15) is 19.5 Å². The number of carbonyl (C=O) groups is 3. The fourth-order valence-corrected chi connectivity index (χ4v) is 2.03. The summed E-state index contributed by atoms with van der Waals surface area (Å²) >= 11 is 1.11. The Hall–Kier alpha value is -2.27. The van der Waals surface area contributed by atoms with Crippen molar-refractivity contribution < 1.29 is 19.1 Å². The number of hydrogen-bond donors (Lipinski definition) is 1. The van der Waals surface area contributed by atoms with Gasteiger partial charge >= 0.3 is 5.97 Å². The van der Waals surface area contributed by atoms with E-state index in [9.17, 15) is 14.4 Å². The highest BCUT2D eigenvalue weighted by atomic mass is 32.1. The molecule has 1 amide bonds. The number of nitrogens with zero attached hydrogens (tertiary/aromatic N) is 2. The summed E-state index contributed by atoms with van der Waals surface area (Å²) in [6.45, 7) is 3.16. The van der Waals surface area contributed by atoms with Crippen LogP contribution in [-0.4, -0.2) is 29.3 Å². The Bertz CT molecular complexity index is 561. The predicted molar refractivity (Wildman–Crippen MR) is 70.9 cm³/mol. The largest absolute Gasteiger partial charge is 0.466 e. The number of hydrogen-bond acceptors (Lipinski definition) is 7. The monoisotopic (exact) mass is 295 g/mol. The summed E-state index contributed by atoms with van der Waals surface area (Å²) in [6, 6.07) is 1.62. The maximum absolute atomic E-state index is 11.6. The summed E-state index contributed by atoms with van der Waals surface area (Å²) in [5, 5.41) is 12.9.